The first-order valence-corrected chi connectivity index (χ1v) is 9.36. The van der Waals surface area contributed by atoms with Crippen molar-refractivity contribution < 1.29 is 4.79 Å². The van der Waals surface area contributed by atoms with Gasteiger partial charge in [0.05, 0.1) is 11.0 Å². The van der Waals surface area contributed by atoms with E-state index in [1.54, 1.807) is 18.1 Å². The maximum atomic E-state index is 13.1. The van der Waals surface area contributed by atoms with Crippen molar-refractivity contribution in [2.24, 2.45) is 7.05 Å². The summed E-state index contributed by atoms with van der Waals surface area (Å²) in [6, 6.07) is 7.37. The van der Waals surface area contributed by atoms with E-state index < -0.39 is 0 Å². The second kappa shape index (κ2) is 6.98. The largest absolute Gasteiger partial charge is 0.336 e. The highest BCUT2D eigenvalue weighted by molar-refractivity contribution is 5.94. The number of amides is 1. The maximum absolute atomic E-state index is 13.1. The normalized spacial score (nSPS) is 17.4. The van der Waals surface area contributed by atoms with Crippen molar-refractivity contribution in [3.8, 4) is 0 Å². The van der Waals surface area contributed by atoms with E-state index in [9.17, 15) is 9.59 Å². The molecule has 0 bridgehead atoms. The number of carbonyl (C=O) groups excluding carboxylic acids is 1. The number of rotatable bonds is 3. The zero-order chi connectivity index (χ0) is 19.0. The maximum Gasteiger partial charge on any atom is 0.282 e. The summed E-state index contributed by atoms with van der Waals surface area (Å²) in [6.07, 6.45) is 5.65. The van der Waals surface area contributed by atoms with E-state index in [4.69, 9.17) is 0 Å². The highest BCUT2D eigenvalue weighted by Crippen LogP contribution is 2.26. The van der Waals surface area contributed by atoms with Crippen molar-refractivity contribution in [3.05, 3.63) is 58.5 Å². The van der Waals surface area contributed by atoms with Gasteiger partial charge in [-0.05, 0) is 31.9 Å². The number of carbonyl (C=O) groups is 1. The lowest BCUT2D eigenvalue weighted by Gasteiger charge is -2.32. The van der Waals surface area contributed by atoms with Crippen molar-refractivity contribution in [1.29, 1.82) is 0 Å². The fourth-order valence-corrected chi connectivity index (χ4v) is 3.89. The molecule has 0 N–H and O–H groups in total. The average molecular weight is 365 g/mol. The SMILES string of the molecule is CCn1ccnc1C1CCCN(C(=O)c2nc3ccccc3n(C)c2=O)C1. The molecule has 3 heterocycles. The summed E-state index contributed by atoms with van der Waals surface area (Å²) in [6.45, 7) is 4.14. The second-order valence-electron chi connectivity index (χ2n) is 6.98. The van der Waals surface area contributed by atoms with Crippen LogP contribution in [0.1, 0.15) is 42.0 Å². The molecule has 7 heteroatoms. The van der Waals surface area contributed by atoms with E-state index in [2.05, 4.69) is 21.5 Å². The molecule has 1 saturated heterocycles. The van der Waals surface area contributed by atoms with Gasteiger partial charge in [0, 0.05) is 45.0 Å². The topological polar surface area (TPSA) is 73.0 Å². The third kappa shape index (κ3) is 3.03. The predicted molar refractivity (Wildman–Crippen MR) is 103 cm³/mol. The summed E-state index contributed by atoms with van der Waals surface area (Å²) >= 11 is 0. The van der Waals surface area contributed by atoms with Gasteiger partial charge in [0.2, 0.25) is 0 Å². The van der Waals surface area contributed by atoms with Gasteiger partial charge in [-0.15, -0.1) is 0 Å². The van der Waals surface area contributed by atoms with Gasteiger partial charge in [-0.25, -0.2) is 9.97 Å². The van der Waals surface area contributed by atoms with Crippen LogP contribution in [0, 0.1) is 0 Å². The number of nitrogens with zero attached hydrogens (tertiary/aromatic N) is 5. The molecule has 1 fully saturated rings. The second-order valence-corrected chi connectivity index (χ2v) is 6.98. The Kier molecular flexibility index (Phi) is 4.51. The number of benzene rings is 1. The molecule has 1 atom stereocenters. The first-order valence-electron chi connectivity index (χ1n) is 9.36. The molecular weight excluding hydrogens is 342 g/mol. The van der Waals surface area contributed by atoms with Crippen molar-refractivity contribution >= 4 is 16.9 Å². The molecule has 1 aromatic carbocycles. The molecule has 140 valence electrons. The number of imidazole rings is 1. The van der Waals surface area contributed by atoms with E-state index in [0.717, 1.165) is 30.7 Å². The number of hydrogen-bond acceptors (Lipinski definition) is 4. The molecule has 27 heavy (non-hydrogen) atoms. The molecular formula is C20H23N5O2. The fourth-order valence-electron chi connectivity index (χ4n) is 3.89. The van der Waals surface area contributed by atoms with E-state index in [-0.39, 0.29) is 23.1 Å². The molecule has 4 rings (SSSR count). The van der Waals surface area contributed by atoms with Crippen molar-refractivity contribution in [3.63, 3.8) is 0 Å². The number of likely N-dealkylation sites (tertiary alicyclic amines) is 1. The van der Waals surface area contributed by atoms with Crippen LogP contribution < -0.4 is 5.56 Å². The van der Waals surface area contributed by atoms with Gasteiger partial charge in [0.1, 0.15) is 5.82 Å². The third-order valence-electron chi connectivity index (χ3n) is 5.35. The average Bonchev–Trinajstić information content (AvgIpc) is 3.19. The number of fused-ring (bicyclic) bond motifs is 1. The van der Waals surface area contributed by atoms with Crippen LogP contribution in [0.5, 0.6) is 0 Å². The molecule has 7 nitrogen and oxygen atoms in total. The van der Waals surface area contributed by atoms with Crippen LogP contribution in [0.2, 0.25) is 0 Å². The van der Waals surface area contributed by atoms with Crippen molar-refractivity contribution in [2.75, 3.05) is 13.1 Å². The number of aryl methyl sites for hydroxylation is 2. The first-order chi connectivity index (χ1) is 13.1. The molecule has 1 aliphatic heterocycles. The predicted octanol–water partition coefficient (Wildman–Crippen LogP) is 2.17. The summed E-state index contributed by atoms with van der Waals surface area (Å²) in [4.78, 5) is 36.5. The van der Waals surface area contributed by atoms with E-state index in [0.29, 0.717) is 18.6 Å². The van der Waals surface area contributed by atoms with Crippen molar-refractivity contribution in [2.45, 2.75) is 32.2 Å². The Labute approximate surface area is 157 Å². The van der Waals surface area contributed by atoms with Crippen LogP contribution in [0.15, 0.2) is 41.5 Å². The minimum Gasteiger partial charge on any atom is -0.336 e. The lowest BCUT2D eigenvalue weighted by molar-refractivity contribution is 0.0695. The zero-order valence-corrected chi connectivity index (χ0v) is 15.6. The van der Waals surface area contributed by atoms with Gasteiger partial charge in [0.15, 0.2) is 5.69 Å². The van der Waals surface area contributed by atoms with Crippen LogP contribution in [0.3, 0.4) is 0 Å². The molecule has 2 aromatic heterocycles. The standard InChI is InChI=1S/C20H23N5O2/c1-3-24-12-10-21-18(24)14-7-6-11-25(13-14)20(27)17-19(26)23(2)16-9-5-4-8-15(16)22-17/h4-5,8-10,12,14H,3,6-7,11,13H2,1-2H3. The van der Waals surface area contributed by atoms with Crippen LogP contribution in [0.4, 0.5) is 0 Å². The molecule has 1 unspecified atom stereocenters. The summed E-state index contributed by atoms with van der Waals surface area (Å²) in [7, 11) is 1.68. The van der Waals surface area contributed by atoms with Gasteiger partial charge in [-0.3, -0.25) is 9.59 Å². The summed E-state index contributed by atoms with van der Waals surface area (Å²) in [5.74, 6) is 0.900. The number of para-hydroxylation sites is 2. The van der Waals surface area contributed by atoms with Gasteiger partial charge < -0.3 is 14.0 Å². The highest BCUT2D eigenvalue weighted by atomic mass is 16.2. The van der Waals surface area contributed by atoms with E-state index in [1.807, 2.05) is 30.5 Å². The zero-order valence-electron chi connectivity index (χ0n) is 15.6. The van der Waals surface area contributed by atoms with Gasteiger partial charge in [-0.1, -0.05) is 12.1 Å². The molecule has 1 aliphatic rings. The smallest absolute Gasteiger partial charge is 0.282 e. The minimum absolute atomic E-state index is 0.00400. The Hall–Kier alpha value is -2.96. The quantitative estimate of drug-likeness (QED) is 0.713. The highest BCUT2D eigenvalue weighted by Gasteiger charge is 2.30. The number of piperidine rings is 1. The Morgan fingerprint density at radius 1 is 1.30 bits per heavy atom. The van der Waals surface area contributed by atoms with E-state index >= 15 is 0 Å². The Balaban J connectivity index is 1.66. The lowest BCUT2D eigenvalue weighted by atomic mass is 9.96. The van der Waals surface area contributed by atoms with Gasteiger partial charge in [0.25, 0.3) is 11.5 Å². The fraction of sp³-hybridized carbons (Fsp3) is 0.400. The van der Waals surface area contributed by atoms with Crippen LogP contribution in [-0.2, 0) is 13.6 Å². The lowest BCUT2D eigenvalue weighted by Crippen LogP contribution is -2.43. The number of aromatic nitrogens is 4. The van der Waals surface area contributed by atoms with Crippen LogP contribution >= 0.6 is 0 Å². The molecule has 1 amide bonds. The summed E-state index contributed by atoms with van der Waals surface area (Å²) in [5.41, 5.74) is 1.02. The molecule has 0 spiro atoms. The molecule has 0 saturated carbocycles. The van der Waals surface area contributed by atoms with Gasteiger partial charge >= 0.3 is 0 Å². The summed E-state index contributed by atoms with van der Waals surface area (Å²) in [5, 5.41) is 0. The third-order valence-corrected chi connectivity index (χ3v) is 5.35. The number of hydrogen-bond donors (Lipinski definition) is 0. The van der Waals surface area contributed by atoms with E-state index in [1.165, 1.54) is 4.57 Å². The monoisotopic (exact) mass is 365 g/mol. The van der Waals surface area contributed by atoms with Crippen LogP contribution in [0.25, 0.3) is 11.0 Å². The van der Waals surface area contributed by atoms with Crippen molar-refractivity contribution in [1.82, 2.24) is 24.0 Å². The molecule has 0 radical (unpaired) electrons. The Morgan fingerprint density at radius 2 is 2.11 bits per heavy atom. The summed E-state index contributed by atoms with van der Waals surface area (Å²) < 4.78 is 3.62. The first kappa shape index (κ1) is 17.5. The van der Waals surface area contributed by atoms with Crippen LogP contribution in [-0.4, -0.2) is 43.0 Å². The van der Waals surface area contributed by atoms with Gasteiger partial charge in [-0.2, -0.15) is 0 Å². The molecule has 0 aliphatic carbocycles. The minimum atomic E-state index is -0.351. The Morgan fingerprint density at radius 3 is 2.93 bits per heavy atom. The Bertz CT molecular complexity index is 1050. The molecule has 3 aromatic rings.